The Hall–Kier alpha value is -2.80. The SMILES string of the molecule is C=c1ccc2c(c1)Oc1cc(C)ccc1C=2c1ccccc1C(C)(C)C. The molecular weight excluding hydrogens is 316 g/mol. The van der Waals surface area contributed by atoms with Gasteiger partial charge in [-0.25, -0.2) is 0 Å². The summed E-state index contributed by atoms with van der Waals surface area (Å²) in [5.74, 6) is 1.80. The van der Waals surface area contributed by atoms with Crippen molar-refractivity contribution in [1.29, 1.82) is 0 Å². The topological polar surface area (TPSA) is 9.23 Å². The Morgan fingerprint density at radius 2 is 1.58 bits per heavy atom. The second kappa shape index (κ2) is 5.88. The van der Waals surface area contributed by atoms with Crippen LogP contribution in [0.2, 0.25) is 0 Å². The summed E-state index contributed by atoms with van der Waals surface area (Å²) in [6.45, 7) is 13.0. The van der Waals surface area contributed by atoms with E-state index in [9.17, 15) is 0 Å². The fourth-order valence-corrected chi connectivity index (χ4v) is 3.69. The Labute approximate surface area is 155 Å². The van der Waals surface area contributed by atoms with Crippen LogP contribution >= 0.6 is 0 Å². The fraction of sp³-hybridized carbons (Fsp3) is 0.200. The van der Waals surface area contributed by atoms with Gasteiger partial charge in [0.25, 0.3) is 0 Å². The molecule has 1 nitrogen and oxygen atoms in total. The van der Waals surface area contributed by atoms with Crippen molar-refractivity contribution in [2.75, 3.05) is 0 Å². The highest BCUT2D eigenvalue weighted by atomic mass is 16.5. The van der Waals surface area contributed by atoms with Gasteiger partial charge in [-0.1, -0.05) is 75.9 Å². The quantitative estimate of drug-likeness (QED) is 0.471. The molecule has 4 rings (SSSR count). The van der Waals surface area contributed by atoms with E-state index in [4.69, 9.17) is 4.74 Å². The van der Waals surface area contributed by atoms with E-state index in [0.29, 0.717) is 0 Å². The van der Waals surface area contributed by atoms with E-state index in [-0.39, 0.29) is 5.41 Å². The van der Waals surface area contributed by atoms with Crippen molar-refractivity contribution in [2.45, 2.75) is 33.1 Å². The third-order valence-corrected chi connectivity index (χ3v) is 4.95. The summed E-state index contributed by atoms with van der Waals surface area (Å²) in [7, 11) is 0. The van der Waals surface area contributed by atoms with Gasteiger partial charge in [0.15, 0.2) is 0 Å². The van der Waals surface area contributed by atoms with Gasteiger partial charge < -0.3 is 4.74 Å². The molecule has 0 bridgehead atoms. The average Bonchev–Trinajstić information content (AvgIpc) is 2.58. The molecule has 0 amide bonds. The summed E-state index contributed by atoms with van der Waals surface area (Å²) < 4.78 is 6.26. The van der Waals surface area contributed by atoms with E-state index in [1.165, 1.54) is 22.3 Å². The summed E-state index contributed by atoms with van der Waals surface area (Å²) in [6, 6.07) is 21.4. The second-order valence-electron chi connectivity index (χ2n) is 8.10. The number of hydrogen-bond acceptors (Lipinski definition) is 1. The van der Waals surface area contributed by atoms with Gasteiger partial charge in [0.1, 0.15) is 11.5 Å². The molecule has 1 aliphatic heterocycles. The van der Waals surface area contributed by atoms with Crippen LogP contribution in [0.4, 0.5) is 0 Å². The van der Waals surface area contributed by atoms with Gasteiger partial charge in [-0.05, 0) is 46.4 Å². The monoisotopic (exact) mass is 340 g/mol. The number of aryl methyl sites for hydroxylation is 1. The Morgan fingerprint density at radius 1 is 0.808 bits per heavy atom. The minimum atomic E-state index is 0.0547. The molecule has 0 fully saturated rings. The van der Waals surface area contributed by atoms with Crippen LogP contribution in [0.1, 0.15) is 43.0 Å². The van der Waals surface area contributed by atoms with Gasteiger partial charge in [0, 0.05) is 16.4 Å². The van der Waals surface area contributed by atoms with Gasteiger partial charge in [-0.2, -0.15) is 0 Å². The molecule has 26 heavy (non-hydrogen) atoms. The summed E-state index contributed by atoms with van der Waals surface area (Å²) in [5.41, 5.74) is 6.25. The lowest BCUT2D eigenvalue weighted by Gasteiger charge is -2.27. The van der Waals surface area contributed by atoms with Crippen molar-refractivity contribution < 1.29 is 4.74 Å². The van der Waals surface area contributed by atoms with Crippen molar-refractivity contribution in [3.63, 3.8) is 0 Å². The molecule has 0 spiro atoms. The third-order valence-electron chi connectivity index (χ3n) is 4.95. The van der Waals surface area contributed by atoms with E-state index >= 15 is 0 Å². The molecule has 0 unspecified atom stereocenters. The maximum Gasteiger partial charge on any atom is 0.135 e. The summed E-state index contributed by atoms with van der Waals surface area (Å²) in [5, 5.41) is 2.09. The maximum atomic E-state index is 6.26. The van der Waals surface area contributed by atoms with Crippen LogP contribution in [0.3, 0.4) is 0 Å². The smallest absolute Gasteiger partial charge is 0.135 e. The van der Waals surface area contributed by atoms with Gasteiger partial charge in [-0.15, -0.1) is 0 Å². The highest BCUT2D eigenvalue weighted by Crippen LogP contribution is 2.39. The first kappa shape index (κ1) is 16.7. The fourth-order valence-electron chi connectivity index (χ4n) is 3.69. The largest absolute Gasteiger partial charge is 0.456 e. The molecule has 0 aliphatic carbocycles. The molecule has 1 aliphatic rings. The molecule has 3 aromatic rings. The molecule has 0 N–H and O–H groups in total. The van der Waals surface area contributed by atoms with Crippen LogP contribution in [0, 0.1) is 6.92 Å². The van der Waals surface area contributed by atoms with Crippen LogP contribution in [0.25, 0.3) is 12.2 Å². The first-order valence-corrected chi connectivity index (χ1v) is 9.07. The molecule has 0 saturated carbocycles. The lowest BCUT2D eigenvalue weighted by atomic mass is 9.79. The van der Waals surface area contributed by atoms with Gasteiger partial charge >= 0.3 is 0 Å². The van der Waals surface area contributed by atoms with Crippen LogP contribution in [-0.4, -0.2) is 0 Å². The number of fused-ring (bicyclic) bond motifs is 2. The van der Waals surface area contributed by atoms with Gasteiger partial charge in [0.2, 0.25) is 0 Å². The lowest BCUT2D eigenvalue weighted by Crippen LogP contribution is -2.22. The Morgan fingerprint density at radius 3 is 2.35 bits per heavy atom. The summed E-state index contributed by atoms with van der Waals surface area (Å²) in [4.78, 5) is 0. The van der Waals surface area contributed by atoms with Gasteiger partial charge in [0.05, 0.1) is 0 Å². The highest BCUT2D eigenvalue weighted by Gasteiger charge is 2.25. The Kier molecular flexibility index (Phi) is 3.77. The van der Waals surface area contributed by atoms with E-state index in [1.54, 1.807) is 0 Å². The van der Waals surface area contributed by atoms with Crippen molar-refractivity contribution in [1.82, 2.24) is 0 Å². The summed E-state index contributed by atoms with van der Waals surface area (Å²) in [6.07, 6.45) is 0. The second-order valence-corrected chi connectivity index (χ2v) is 8.10. The predicted octanol–water partition coefficient (Wildman–Crippen LogP) is 5.06. The average molecular weight is 340 g/mol. The van der Waals surface area contributed by atoms with Crippen LogP contribution in [0.5, 0.6) is 11.5 Å². The zero-order chi connectivity index (χ0) is 18.5. The van der Waals surface area contributed by atoms with Crippen LogP contribution in [0.15, 0.2) is 60.7 Å². The van der Waals surface area contributed by atoms with Crippen molar-refractivity contribution >= 4 is 12.2 Å². The number of ether oxygens (including phenoxy) is 1. The van der Waals surface area contributed by atoms with E-state index in [1.807, 2.05) is 6.07 Å². The Bertz CT molecular complexity index is 1110. The molecule has 0 aromatic heterocycles. The van der Waals surface area contributed by atoms with Crippen molar-refractivity contribution in [3.05, 3.63) is 93.4 Å². The standard InChI is InChI=1S/C25H24O/c1-16-10-12-19-22(14-16)26-23-15-17(2)11-13-20(23)24(19)18-8-6-7-9-21(18)25(3,4)5/h6-15H,1H2,2-5H3. The number of hydrogen-bond donors (Lipinski definition) is 0. The highest BCUT2D eigenvalue weighted by molar-refractivity contribution is 5.86. The maximum absolute atomic E-state index is 6.26. The summed E-state index contributed by atoms with van der Waals surface area (Å²) >= 11 is 0. The van der Waals surface area contributed by atoms with Gasteiger partial charge in [-0.3, -0.25) is 0 Å². The molecule has 0 atom stereocenters. The van der Waals surface area contributed by atoms with E-state index in [2.05, 4.69) is 88.9 Å². The normalized spacial score (nSPS) is 13.0. The van der Waals surface area contributed by atoms with Crippen LogP contribution < -0.4 is 15.2 Å². The van der Waals surface area contributed by atoms with Crippen LogP contribution in [-0.2, 0) is 5.41 Å². The first-order valence-electron chi connectivity index (χ1n) is 9.07. The third kappa shape index (κ3) is 2.74. The molecule has 0 radical (unpaired) electrons. The number of rotatable bonds is 1. The van der Waals surface area contributed by atoms with Crippen molar-refractivity contribution in [2.24, 2.45) is 0 Å². The molecule has 3 aromatic carbocycles. The molecular formula is C25H24O. The molecule has 130 valence electrons. The predicted molar refractivity (Wildman–Crippen MR) is 109 cm³/mol. The number of benzene rings is 3. The molecule has 1 heterocycles. The molecule has 1 heteroatoms. The first-order chi connectivity index (χ1) is 12.3. The minimum Gasteiger partial charge on any atom is -0.456 e. The zero-order valence-corrected chi connectivity index (χ0v) is 15.9. The van der Waals surface area contributed by atoms with E-state index < -0.39 is 0 Å². The zero-order valence-electron chi connectivity index (χ0n) is 15.9. The van der Waals surface area contributed by atoms with Crippen molar-refractivity contribution in [3.8, 4) is 11.5 Å². The lowest BCUT2D eigenvalue weighted by molar-refractivity contribution is 0.471. The Balaban J connectivity index is 2.15. The molecule has 0 saturated heterocycles. The minimum absolute atomic E-state index is 0.0547. The van der Waals surface area contributed by atoms with E-state index in [0.717, 1.165) is 27.5 Å².